The maximum Gasteiger partial charge on any atom is 0.157 e. The molecule has 0 aromatic heterocycles. The van der Waals surface area contributed by atoms with Gasteiger partial charge < -0.3 is 10.2 Å². The Bertz CT molecular complexity index is 318. The average Bonchev–Trinajstić information content (AvgIpc) is 2.23. The summed E-state index contributed by atoms with van der Waals surface area (Å²) in [7, 11) is 0. The third-order valence-electron chi connectivity index (χ3n) is 2.41. The molecule has 1 aromatic carbocycles. The van der Waals surface area contributed by atoms with Crippen molar-refractivity contribution in [3.05, 3.63) is 36.4 Å². The van der Waals surface area contributed by atoms with Gasteiger partial charge in [0, 0.05) is 0 Å². The van der Waals surface area contributed by atoms with Gasteiger partial charge in [-0.3, -0.25) is 0 Å². The van der Waals surface area contributed by atoms with Crippen LogP contribution in [0.4, 0.5) is 0 Å². The van der Waals surface area contributed by atoms with Gasteiger partial charge in [0.25, 0.3) is 0 Å². The van der Waals surface area contributed by atoms with Crippen LogP contribution in [-0.2, 0) is 6.42 Å². The molecule has 2 N–H and O–H groups in total. The topological polar surface area (TPSA) is 40.5 Å². The molecule has 0 bridgehead atoms. The van der Waals surface area contributed by atoms with Crippen molar-refractivity contribution in [2.24, 2.45) is 0 Å². The van der Waals surface area contributed by atoms with E-state index in [0.717, 1.165) is 24.8 Å². The smallest absolute Gasteiger partial charge is 0.157 e. The fourth-order valence-corrected chi connectivity index (χ4v) is 1.52. The summed E-state index contributed by atoms with van der Waals surface area (Å²) >= 11 is 0. The number of aromatic hydroxyl groups is 2. The molecule has 2 nitrogen and oxygen atoms in total. The summed E-state index contributed by atoms with van der Waals surface area (Å²) in [6.45, 7) is 3.68. The molecule has 0 heterocycles. The second-order valence-corrected chi connectivity index (χ2v) is 3.71. The number of phenolic OH excluding ortho intramolecular Hbond substituents is 2. The van der Waals surface area contributed by atoms with E-state index in [-0.39, 0.29) is 11.5 Å². The van der Waals surface area contributed by atoms with Gasteiger partial charge in [-0.2, -0.15) is 0 Å². The molecule has 0 amide bonds. The van der Waals surface area contributed by atoms with E-state index >= 15 is 0 Å². The van der Waals surface area contributed by atoms with Gasteiger partial charge in [0.2, 0.25) is 0 Å². The molecular weight excluding hydrogens is 188 g/mol. The lowest BCUT2D eigenvalue weighted by molar-refractivity contribution is 0.403. The highest BCUT2D eigenvalue weighted by Gasteiger charge is 2.00. The predicted octanol–water partition coefficient (Wildman–Crippen LogP) is 3.39. The van der Waals surface area contributed by atoms with Crippen molar-refractivity contribution in [1.29, 1.82) is 0 Å². The minimum Gasteiger partial charge on any atom is -0.504 e. The number of hydrogen-bond donors (Lipinski definition) is 2. The Kier molecular flexibility index (Phi) is 4.75. The summed E-state index contributed by atoms with van der Waals surface area (Å²) in [4.78, 5) is 0. The molecule has 0 fully saturated rings. The first-order valence-electron chi connectivity index (χ1n) is 5.36. The Morgan fingerprint density at radius 2 is 1.87 bits per heavy atom. The molecule has 1 rings (SSSR count). The highest BCUT2D eigenvalue weighted by molar-refractivity contribution is 5.40. The van der Waals surface area contributed by atoms with Crippen molar-refractivity contribution < 1.29 is 10.2 Å². The molecule has 0 radical (unpaired) electrons. The molecule has 1 aromatic rings. The van der Waals surface area contributed by atoms with Crippen molar-refractivity contribution in [1.82, 2.24) is 0 Å². The summed E-state index contributed by atoms with van der Waals surface area (Å²) in [6.07, 6.45) is 7.41. The first-order valence-corrected chi connectivity index (χ1v) is 5.36. The largest absolute Gasteiger partial charge is 0.504 e. The van der Waals surface area contributed by atoms with Crippen LogP contribution >= 0.6 is 0 Å². The van der Waals surface area contributed by atoms with Gasteiger partial charge in [-0.1, -0.05) is 18.6 Å². The van der Waals surface area contributed by atoms with Crippen molar-refractivity contribution >= 4 is 0 Å². The molecule has 0 spiro atoms. The van der Waals surface area contributed by atoms with Crippen LogP contribution in [0.5, 0.6) is 11.5 Å². The van der Waals surface area contributed by atoms with Crippen LogP contribution in [0.3, 0.4) is 0 Å². The van der Waals surface area contributed by atoms with Crippen molar-refractivity contribution in [2.45, 2.75) is 32.1 Å². The lowest BCUT2D eigenvalue weighted by Gasteiger charge is -2.03. The average molecular weight is 206 g/mol. The van der Waals surface area contributed by atoms with Gasteiger partial charge >= 0.3 is 0 Å². The Morgan fingerprint density at radius 1 is 1.07 bits per heavy atom. The van der Waals surface area contributed by atoms with E-state index in [1.807, 2.05) is 12.1 Å². The lowest BCUT2D eigenvalue weighted by Crippen LogP contribution is -1.85. The fourth-order valence-electron chi connectivity index (χ4n) is 1.52. The highest BCUT2D eigenvalue weighted by Crippen LogP contribution is 2.25. The molecule has 15 heavy (non-hydrogen) atoms. The van der Waals surface area contributed by atoms with Crippen LogP contribution in [0, 0.1) is 0 Å². The van der Waals surface area contributed by atoms with Gasteiger partial charge in [0.05, 0.1) is 0 Å². The van der Waals surface area contributed by atoms with E-state index in [4.69, 9.17) is 5.11 Å². The third-order valence-corrected chi connectivity index (χ3v) is 2.41. The van der Waals surface area contributed by atoms with Gasteiger partial charge in [-0.25, -0.2) is 0 Å². The van der Waals surface area contributed by atoms with Crippen molar-refractivity contribution in [3.8, 4) is 11.5 Å². The molecule has 0 aliphatic heterocycles. The molecule has 0 aliphatic rings. The van der Waals surface area contributed by atoms with Gasteiger partial charge in [0.1, 0.15) is 0 Å². The zero-order chi connectivity index (χ0) is 11.1. The van der Waals surface area contributed by atoms with Crippen molar-refractivity contribution in [2.75, 3.05) is 0 Å². The predicted molar refractivity (Wildman–Crippen MR) is 62.1 cm³/mol. The first-order chi connectivity index (χ1) is 7.24. The minimum absolute atomic E-state index is 0.0291. The minimum atomic E-state index is -0.0505. The zero-order valence-electron chi connectivity index (χ0n) is 8.95. The molecule has 0 saturated carbocycles. The van der Waals surface area contributed by atoms with Crippen LogP contribution in [-0.4, -0.2) is 10.2 Å². The number of aryl methyl sites for hydroxylation is 1. The summed E-state index contributed by atoms with van der Waals surface area (Å²) in [5, 5.41) is 18.4. The SMILES string of the molecule is C=CCCCCCc1ccc(O)c(O)c1. The van der Waals surface area contributed by atoms with Crippen LogP contribution in [0.1, 0.15) is 31.2 Å². The monoisotopic (exact) mass is 206 g/mol. The van der Waals surface area contributed by atoms with E-state index in [1.54, 1.807) is 6.07 Å². The number of rotatable bonds is 6. The molecule has 0 unspecified atom stereocenters. The van der Waals surface area contributed by atoms with E-state index in [9.17, 15) is 5.11 Å². The maximum absolute atomic E-state index is 9.28. The normalized spacial score (nSPS) is 10.1. The summed E-state index contributed by atoms with van der Waals surface area (Å²) in [5.74, 6) is -0.0796. The van der Waals surface area contributed by atoms with E-state index in [2.05, 4.69) is 6.58 Å². The third kappa shape index (κ3) is 4.07. The molecule has 0 atom stereocenters. The Labute approximate surface area is 90.9 Å². The molecule has 0 aliphatic carbocycles. The van der Waals surface area contributed by atoms with Crippen LogP contribution in [0.15, 0.2) is 30.9 Å². The van der Waals surface area contributed by atoms with E-state index < -0.39 is 0 Å². The van der Waals surface area contributed by atoms with Crippen LogP contribution in [0.2, 0.25) is 0 Å². The second kappa shape index (κ2) is 6.12. The van der Waals surface area contributed by atoms with Crippen LogP contribution < -0.4 is 0 Å². The fraction of sp³-hybridized carbons (Fsp3) is 0.385. The second-order valence-electron chi connectivity index (χ2n) is 3.71. The highest BCUT2D eigenvalue weighted by atomic mass is 16.3. The standard InChI is InChI=1S/C13H18O2/c1-2-3-4-5-6-7-11-8-9-12(14)13(15)10-11/h2,8-10,14-15H,1,3-7H2. The first kappa shape index (κ1) is 11.6. The maximum atomic E-state index is 9.28. The summed E-state index contributed by atoms with van der Waals surface area (Å²) in [6, 6.07) is 5.01. The molecule has 2 heteroatoms. The number of hydrogen-bond acceptors (Lipinski definition) is 2. The number of allylic oxidation sites excluding steroid dienone is 1. The number of phenols is 2. The van der Waals surface area contributed by atoms with E-state index in [0.29, 0.717) is 0 Å². The van der Waals surface area contributed by atoms with Gasteiger partial charge in [0.15, 0.2) is 11.5 Å². The molecular formula is C13H18O2. The Morgan fingerprint density at radius 3 is 2.53 bits per heavy atom. The molecule has 0 saturated heterocycles. The quantitative estimate of drug-likeness (QED) is 0.425. The zero-order valence-corrected chi connectivity index (χ0v) is 8.95. The number of unbranched alkanes of at least 4 members (excludes halogenated alkanes) is 3. The van der Waals surface area contributed by atoms with Gasteiger partial charge in [-0.15, -0.1) is 6.58 Å². The molecule has 82 valence electrons. The van der Waals surface area contributed by atoms with E-state index in [1.165, 1.54) is 18.9 Å². The van der Waals surface area contributed by atoms with Gasteiger partial charge in [-0.05, 0) is 43.4 Å². The van der Waals surface area contributed by atoms with Crippen LogP contribution in [0.25, 0.3) is 0 Å². The lowest BCUT2D eigenvalue weighted by atomic mass is 10.1. The summed E-state index contributed by atoms with van der Waals surface area (Å²) < 4.78 is 0. The number of benzene rings is 1. The van der Waals surface area contributed by atoms with Crippen molar-refractivity contribution in [3.63, 3.8) is 0 Å². The Hall–Kier alpha value is -1.44. The summed E-state index contributed by atoms with van der Waals surface area (Å²) in [5.41, 5.74) is 1.07. The Balaban J connectivity index is 2.31.